The largest absolute Gasteiger partial charge is 0.269 e. The van der Waals surface area contributed by atoms with E-state index < -0.39 is 0 Å². The quantitative estimate of drug-likeness (QED) is 0.473. The lowest BCUT2D eigenvalue weighted by Crippen LogP contribution is -2.21. The Morgan fingerprint density at radius 1 is 0.840 bits per heavy atom. The van der Waals surface area contributed by atoms with Crippen LogP contribution >= 0.6 is 0 Å². The van der Waals surface area contributed by atoms with Gasteiger partial charge in [0, 0.05) is 6.42 Å². The highest BCUT2D eigenvalue weighted by Crippen LogP contribution is 2.39. The fourth-order valence-electron chi connectivity index (χ4n) is 3.71. The van der Waals surface area contributed by atoms with Gasteiger partial charge in [0.2, 0.25) is 0 Å². The lowest BCUT2D eigenvalue weighted by Gasteiger charge is -2.25. The van der Waals surface area contributed by atoms with E-state index in [1.807, 2.05) is 0 Å². The molecule has 3 rings (SSSR count). The van der Waals surface area contributed by atoms with E-state index >= 15 is 0 Å². The van der Waals surface area contributed by atoms with Crippen LogP contribution in [0.3, 0.4) is 0 Å². The lowest BCUT2D eigenvalue weighted by atomic mass is 9.98. The highest BCUT2D eigenvalue weighted by atomic mass is 16.7. The summed E-state index contributed by atoms with van der Waals surface area (Å²) in [5.74, 6) is 0. The van der Waals surface area contributed by atoms with E-state index in [1.165, 1.54) is 50.5 Å². The average molecular weight is 338 g/mol. The Kier molecular flexibility index (Phi) is 6.93. The van der Waals surface area contributed by atoms with E-state index in [9.17, 15) is 0 Å². The zero-order chi connectivity index (χ0) is 17.3. The normalized spacial score (nSPS) is 20.1. The third kappa shape index (κ3) is 5.09. The molecule has 2 aromatic rings. The second-order valence-corrected chi connectivity index (χ2v) is 7.11. The molecule has 2 atom stereocenters. The van der Waals surface area contributed by atoms with Gasteiger partial charge >= 0.3 is 0 Å². The summed E-state index contributed by atoms with van der Waals surface area (Å²) < 4.78 is 0. The van der Waals surface area contributed by atoms with Gasteiger partial charge in [0.15, 0.2) is 0 Å². The number of nitrogens with zero attached hydrogens (tertiary/aromatic N) is 1. The minimum atomic E-state index is 0.314. The van der Waals surface area contributed by atoms with Gasteiger partial charge in [-0.15, -0.1) is 0 Å². The molecule has 0 spiro atoms. The molecule has 0 bridgehead atoms. The Balaban J connectivity index is 1.60. The molecule has 0 aromatic heterocycles. The van der Waals surface area contributed by atoms with Crippen molar-refractivity contribution in [1.29, 1.82) is 0 Å². The number of rotatable bonds is 9. The molecule has 0 aliphatic carbocycles. The number of hydroxylamine groups is 1. The molecule has 1 saturated heterocycles. The summed E-state index contributed by atoms with van der Waals surface area (Å²) in [7, 11) is 0. The number of hydrogen-bond donors (Lipinski definition) is 0. The molecule has 2 heteroatoms. The summed E-state index contributed by atoms with van der Waals surface area (Å²) >= 11 is 0. The van der Waals surface area contributed by atoms with Crippen LogP contribution in [0.4, 0.5) is 5.69 Å². The van der Waals surface area contributed by atoms with Crippen molar-refractivity contribution >= 4 is 5.69 Å². The fraction of sp³-hybridized carbons (Fsp3) is 0.478. The second-order valence-electron chi connectivity index (χ2n) is 7.11. The third-order valence-electron chi connectivity index (χ3n) is 5.11. The molecule has 0 saturated carbocycles. The first kappa shape index (κ1) is 18.0. The van der Waals surface area contributed by atoms with E-state index in [-0.39, 0.29) is 0 Å². The SMILES string of the molecule is CCCCCCCC[C@@H]1C[C@@H](c2ccccc2)N(c2ccccc2)O1. The van der Waals surface area contributed by atoms with E-state index in [4.69, 9.17) is 4.84 Å². The Morgan fingerprint density at radius 2 is 1.48 bits per heavy atom. The number of benzene rings is 2. The summed E-state index contributed by atoms with van der Waals surface area (Å²) in [6, 6.07) is 21.6. The number of hydrogen-bond acceptors (Lipinski definition) is 2. The lowest BCUT2D eigenvalue weighted by molar-refractivity contribution is 0.0758. The standard InChI is InChI=1S/C23H31NO/c1-2-3-4-5-6-13-18-22-19-23(20-14-9-7-10-15-20)24(25-22)21-16-11-8-12-17-21/h7-12,14-17,22-23H,2-6,13,18-19H2,1H3/t22-,23+/m1/s1. The van der Waals surface area contributed by atoms with Gasteiger partial charge in [0.25, 0.3) is 0 Å². The Labute approximate surface area is 152 Å². The van der Waals surface area contributed by atoms with E-state index in [0.717, 1.165) is 12.1 Å². The zero-order valence-corrected chi connectivity index (χ0v) is 15.4. The fourth-order valence-corrected chi connectivity index (χ4v) is 3.71. The second kappa shape index (κ2) is 9.62. The molecule has 134 valence electrons. The highest BCUT2D eigenvalue weighted by Gasteiger charge is 2.34. The number of anilines is 1. The first-order chi connectivity index (χ1) is 12.4. The van der Waals surface area contributed by atoms with Crippen molar-refractivity contribution in [3.8, 4) is 0 Å². The van der Waals surface area contributed by atoms with Crippen molar-refractivity contribution in [1.82, 2.24) is 0 Å². The molecular formula is C23H31NO. The van der Waals surface area contributed by atoms with Crippen molar-refractivity contribution in [3.05, 3.63) is 66.2 Å². The first-order valence-corrected chi connectivity index (χ1v) is 9.94. The van der Waals surface area contributed by atoms with Crippen LogP contribution in [0.25, 0.3) is 0 Å². The molecule has 2 nitrogen and oxygen atoms in total. The van der Waals surface area contributed by atoms with Crippen molar-refractivity contribution < 1.29 is 4.84 Å². The maximum absolute atomic E-state index is 6.38. The van der Waals surface area contributed by atoms with Crippen LogP contribution < -0.4 is 5.06 Å². The summed E-state index contributed by atoms with van der Waals surface area (Å²) in [4.78, 5) is 6.38. The van der Waals surface area contributed by atoms with Crippen molar-refractivity contribution in [2.75, 3.05) is 5.06 Å². The maximum atomic E-state index is 6.38. The van der Waals surface area contributed by atoms with E-state index in [1.54, 1.807) is 0 Å². The molecule has 1 aliphatic rings. The molecule has 1 aliphatic heterocycles. The average Bonchev–Trinajstić information content (AvgIpc) is 3.10. The van der Waals surface area contributed by atoms with Crippen LogP contribution in [0, 0.1) is 0 Å². The third-order valence-corrected chi connectivity index (χ3v) is 5.11. The van der Waals surface area contributed by atoms with Gasteiger partial charge < -0.3 is 0 Å². The molecule has 25 heavy (non-hydrogen) atoms. The topological polar surface area (TPSA) is 12.5 Å². The molecule has 1 fully saturated rings. The van der Waals surface area contributed by atoms with Gasteiger partial charge in [-0.2, -0.15) is 0 Å². The van der Waals surface area contributed by atoms with Crippen molar-refractivity contribution in [2.24, 2.45) is 0 Å². The Morgan fingerprint density at radius 3 is 2.20 bits per heavy atom. The predicted octanol–water partition coefficient (Wildman–Crippen LogP) is 6.69. The smallest absolute Gasteiger partial charge is 0.0880 e. The minimum Gasteiger partial charge on any atom is -0.269 e. The molecule has 0 N–H and O–H groups in total. The Hall–Kier alpha value is -1.80. The molecule has 0 amide bonds. The molecular weight excluding hydrogens is 306 g/mol. The van der Waals surface area contributed by atoms with Crippen LogP contribution in [0.15, 0.2) is 60.7 Å². The van der Waals surface area contributed by atoms with Gasteiger partial charge in [0.1, 0.15) is 0 Å². The highest BCUT2D eigenvalue weighted by molar-refractivity contribution is 5.47. The van der Waals surface area contributed by atoms with Crippen molar-refractivity contribution in [2.45, 2.75) is 70.4 Å². The van der Waals surface area contributed by atoms with Gasteiger partial charge in [-0.3, -0.25) is 4.84 Å². The monoisotopic (exact) mass is 337 g/mol. The maximum Gasteiger partial charge on any atom is 0.0880 e. The van der Waals surface area contributed by atoms with Crippen molar-refractivity contribution in [3.63, 3.8) is 0 Å². The van der Waals surface area contributed by atoms with Crippen LogP contribution in [0.2, 0.25) is 0 Å². The molecule has 0 radical (unpaired) electrons. The first-order valence-electron chi connectivity index (χ1n) is 9.94. The van der Waals surface area contributed by atoms with Gasteiger partial charge in [0.05, 0.1) is 17.8 Å². The van der Waals surface area contributed by atoms with E-state index in [0.29, 0.717) is 12.1 Å². The minimum absolute atomic E-state index is 0.314. The van der Waals surface area contributed by atoms with Gasteiger partial charge in [-0.25, -0.2) is 5.06 Å². The van der Waals surface area contributed by atoms with Gasteiger partial charge in [-0.05, 0) is 24.1 Å². The Bertz CT molecular complexity index is 551. The van der Waals surface area contributed by atoms with Crippen LogP contribution in [-0.4, -0.2) is 6.10 Å². The molecule has 1 heterocycles. The summed E-state index contributed by atoms with van der Waals surface area (Å²) in [6.07, 6.45) is 10.6. The molecule has 2 aromatic carbocycles. The van der Waals surface area contributed by atoms with Gasteiger partial charge in [-0.1, -0.05) is 94.0 Å². The summed E-state index contributed by atoms with van der Waals surface area (Å²) in [6.45, 7) is 2.27. The summed E-state index contributed by atoms with van der Waals surface area (Å²) in [5.41, 5.74) is 2.50. The van der Waals surface area contributed by atoms with Crippen LogP contribution in [0.5, 0.6) is 0 Å². The number of unbranched alkanes of at least 4 members (excludes halogenated alkanes) is 5. The molecule has 0 unspecified atom stereocenters. The summed E-state index contributed by atoms with van der Waals surface area (Å²) in [5, 5.41) is 2.14. The predicted molar refractivity (Wildman–Crippen MR) is 106 cm³/mol. The van der Waals surface area contributed by atoms with E-state index in [2.05, 4.69) is 72.7 Å². The van der Waals surface area contributed by atoms with Crippen LogP contribution in [-0.2, 0) is 4.84 Å². The van der Waals surface area contributed by atoms with Crippen LogP contribution in [0.1, 0.15) is 69.9 Å². The number of para-hydroxylation sites is 1. The zero-order valence-electron chi connectivity index (χ0n) is 15.4.